The third-order valence-corrected chi connectivity index (χ3v) is 2.48. The maximum absolute atomic E-state index is 9.78. The summed E-state index contributed by atoms with van der Waals surface area (Å²) in [6, 6.07) is 4.68. The molecule has 1 radical (unpaired) electrons. The molecule has 0 aliphatic heterocycles. The van der Waals surface area contributed by atoms with Gasteiger partial charge in [-0.05, 0) is 36.5 Å². The van der Waals surface area contributed by atoms with Crippen molar-refractivity contribution in [3.8, 4) is 5.75 Å². The molecule has 1 aromatic rings. The van der Waals surface area contributed by atoms with Crippen LogP contribution in [0.2, 0.25) is 0 Å². The van der Waals surface area contributed by atoms with Crippen LogP contribution in [0.5, 0.6) is 5.75 Å². The standard InChI is InChI=1S/C15H17O/c1-4-7-12-10-11-15(16)14(9-6-3)13(12)8-5-2/h4-6,10,16H,1-3,7-9H2. The van der Waals surface area contributed by atoms with Crippen LogP contribution in [0, 0.1) is 6.07 Å². The lowest BCUT2D eigenvalue weighted by Crippen LogP contribution is -1.99. The second kappa shape index (κ2) is 5.96. The zero-order valence-electron chi connectivity index (χ0n) is 9.50. The minimum Gasteiger partial charge on any atom is -0.507 e. The average molecular weight is 213 g/mol. The van der Waals surface area contributed by atoms with E-state index in [9.17, 15) is 5.11 Å². The summed E-state index contributed by atoms with van der Waals surface area (Å²) in [5.74, 6) is 0.213. The third-order valence-electron chi connectivity index (χ3n) is 2.48. The van der Waals surface area contributed by atoms with E-state index in [4.69, 9.17) is 0 Å². The summed E-state index contributed by atoms with van der Waals surface area (Å²) in [7, 11) is 0. The van der Waals surface area contributed by atoms with Crippen molar-refractivity contribution >= 4 is 0 Å². The van der Waals surface area contributed by atoms with Crippen LogP contribution >= 0.6 is 0 Å². The van der Waals surface area contributed by atoms with E-state index in [1.165, 1.54) is 0 Å². The molecule has 83 valence electrons. The molecule has 1 N–H and O–H groups in total. The lowest BCUT2D eigenvalue weighted by atomic mass is 9.93. The highest BCUT2D eigenvalue weighted by Crippen LogP contribution is 2.26. The number of rotatable bonds is 6. The third kappa shape index (κ3) is 2.63. The van der Waals surface area contributed by atoms with Gasteiger partial charge in [-0.2, -0.15) is 0 Å². The van der Waals surface area contributed by atoms with Gasteiger partial charge >= 0.3 is 0 Å². The first kappa shape index (κ1) is 12.3. The lowest BCUT2D eigenvalue weighted by Gasteiger charge is -2.13. The summed E-state index contributed by atoms with van der Waals surface area (Å²) < 4.78 is 0. The first-order valence-electron chi connectivity index (χ1n) is 5.31. The molecule has 1 aromatic carbocycles. The van der Waals surface area contributed by atoms with Crippen LogP contribution in [0.3, 0.4) is 0 Å². The molecule has 0 saturated heterocycles. The first-order chi connectivity index (χ1) is 7.74. The van der Waals surface area contributed by atoms with Gasteiger partial charge in [-0.25, -0.2) is 0 Å². The van der Waals surface area contributed by atoms with Gasteiger partial charge in [0.15, 0.2) is 0 Å². The number of allylic oxidation sites excluding steroid dienone is 3. The molecular formula is C15H17O. The van der Waals surface area contributed by atoms with E-state index in [1.807, 2.05) is 18.2 Å². The van der Waals surface area contributed by atoms with Gasteiger partial charge in [0.1, 0.15) is 5.75 Å². The predicted octanol–water partition coefficient (Wildman–Crippen LogP) is 3.38. The number of aromatic hydroxyl groups is 1. The molecule has 16 heavy (non-hydrogen) atoms. The Morgan fingerprint density at radius 3 is 2.12 bits per heavy atom. The summed E-state index contributed by atoms with van der Waals surface area (Å²) >= 11 is 0. The van der Waals surface area contributed by atoms with Gasteiger partial charge in [-0.15, -0.1) is 19.7 Å². The molecular weight excluding hydrogens is 196 g/mol. The maximum atomic E-state index is 9.78. The first-order valence-corrected chi connectivity index (χ1v) is 5.31. The van der Waals surface area contributed by atoms with Gasteiger partial charge in [-0.3, -0.25) is 0 Å². The Bertz CT molecular complexity index is 402. The summed E-state index contributed by atoms with van der Waals surface area (Å²) in [4.78, 5) is 0. The average Bonchev–Trinajstić information content (AvgIpc) is 2.27. The van der Waals surface area contributed by atoms with E-state index in [2.05, 4.69) is 25.8 Å². The molecule has 0 fully saturated rings. The highest BCUT2D eigenvalue weighted by atomic mass is 16.3. The summed E-state index contributed by atoms with van der Waals surface area (Å²) in [6.07, 6.45) is 7.65. The minimum absolute atomic E-state index is 0.213. The SMILES string of the molecule is C=CCc1c[c]c(O)c(CC=C)c1CC=C. The zero-order valence-corrected chi connectivity index (χ0v) is 9.50. The van der Waals surface area contributed by atoms with E-state index >= 15 is 0 Å². The van der Waals surface area contributed by atoms with Crippen molar-refractivity contribution < 1.29 is 5.11 Å². The van der Waals surface area contributed by atoms with E-state index in [0.29, 0.717) is 6.42 Å². The fraction of sp³-hybridized carbons (Fsp3) is 0.200. The van der Waals surface area contributed by atoms with Crippen molar-refractivity contribution in [3.63, 3.8) is 0 Å². The van der Waals surface area contributed by atoms with Crippen LogP contribution in [0.1, 0.15) is 16.7 Å². The summed E-state index contributed by atoms with van der Waals surface area (Å²) in [6.45, 7) is 11.2. The normalized spacial score (nSPS) is 9.75. The number of phenols is 1. The Labute approximate surface area is 97.4 Å². The quantitative estimate of drug-likeness (QED) is 0.718. The van der Waals surface area contributed by atoms with E-state index in [1.54, 1.807) is 6.08 Å². The van der Waals surface area contributed by atoms with Gasteiger partial charge in [-0.1, -0.05) is 18.2 Å². The van der Waals surface area contributed by atoms with Crippen molar-refractivity contribution in [2.45, 2.75) is 19.3 Å². The molecule has 1 nitrogen and oxygen atoms in total. The van der Waals surface area contributed by atoms with E-state index < -0.39 is 0 Å². The monoisotopic (exact) mass is 213 g/mol. The highest BCUT2D eigenvalue weighted by molar-refractivity contribution is 5.46. The number of phenolic OH excluding ortho intramolecular Hbond substituents is 1. The predicted molar refractivity (Wildman–Crippen MR) is 68.6 cm³/mol. The van der Waals surface area contributed by atoms with Gasteiger partial charge in [0.05, 0.1) is 0 Å². The van der Waals surface area contributed by atoms with Crippen LogP contribution < -0.4 is 0 Å². The maximum Gasteiger partial charge on any atom is 0.127 e. The summed E-state index contributed by atoms with van der Waals surface area (Å²) in [5, 5.41) is 9.78. The molecule has 0 aliphatic carbocycles. The fourth-order valence-electron chi connectivity index (χ4n) is 1.77. The second-order valence-electron chi connectivity index (χ2n) is 3.60. The molecule has 0 spiro atoms. The van der Waals surface area contributed by atoms with Gasteiger partial charge in [0.2, 0.25) is 0 Å². The molecule has 0 bridgehead atoms. The Balaban J connectivity index is 3.28. The van der Waals surface area contributed by atoms with Crippen molar-refractivity contribution in [1.29, 1.82) is 0 Å². The Morgan fingerprint density at radius 2 is 1.56 bits per heavy atom. The van der Waals surface area contributed by atoms with Gasteiger partial charge in [0.25, 0.3) is 0 Å². The zero-order chi connectivity index (χ0) is 12.0. The number of benzene rings is 1. The summed E-state index contributed by atoms with van der Waals surface area (Å²) in [5.41, 5.74) is 3.16. The molecule has 0 heterocycles. The molecule has 0 saturated carbocycles. The molecule has 0 atom stereocenters. The molecule has 1 heteroatoms. The molecule has 0 amide bonds. The van der Waals surface area contributed by atoms with E-state index in [-0.39, 0.29) is 5.75 Å². The van der Waals surface area contributed by atoms with Gasteiger partial charge in [0, 0.05) is 11.6 Å². The smallest absolute Gasteiger partial charge is 0.127 e. The van der Waals surface area contributed by atoms with Crippen LogP contribution in [-0.2, 0) is 19.3 Å². The molecule has 0 aliphatic rings. The Kier molecular flexibility index (Phi) is 4.59. The van der Waals surface area contributed by atoms with Crippen LogP contribution in [-0.4, -0.2) is 5.11 Å². The van der Waals surface area contributed by atoms with Crippen LogP contribution in [0.25, 0.3) is 0 Å². The minimum atomic E-state index is 0.213. The van der Waals surface area contributed by atoms with Crippen LogP contribution in [0.4, 0.5) is 0 Å². The number of hydrogen-bond acceptors (Lipinski definition) is 1. The van der Waals surface area contributed by atoms with Crippen molar-refractivity contribution in [1.82, 2.24) is 0 Å². The van der Waals surface area contributed by atoms with Gasteiger partial charge < -0.3 is 5.11 Å². The van der Waals surface area contributed by atoms with Crippen molar-refractivity contribution in [3.05, 3.63) is 66.8 Å². The molecule has 0 unspecified atom stereocenters. The number of hydrogen-bond donors (Lipinski definition) is 1. The van der Waals surface area contributed by atoms with Crippen LogP contribution in [0.15, 0.2) is 44.0 Å². The van der Waals surface area contributed by atoms with Crippen molar-refractivity contribution in [2.24, 2.45) is 0 Å². The lowest BCUT2D eigenvalue weighted by molar-refractivity contribution is 0.467. The second-order valence-corrected chi connectivity index (χ2v) is 3.60. The molecule has 1 rings (SSSR count). The largest absolute Gasteiger partial charge is 0.507 e. The van der Waals surface area contributed by atoms with Crippen molar-refractivity contribution in [2.75, 3.05) is 0 Å². The topological polar surface area (TPSA) is 20.2 Å². The Morgan fingerprint density at radius 1 is 1.00 bits per heavy atom. The Hall–Kier alpha value is -1.76. The fourth-order valence-corrected chi connectivity index (χ4v) is 1.77. The highest BCUT2D eigenvalue weighted by Gasteiger charge is 2.10. The molecule has 0 aromatic heterocycles. The van der Waals surface area contributed by atoms with E-state index in [0.717, 1.165) is 29.5 Å².